The molecule has 2 heterocycles. The standard InChI is InChI=1S/C15H25N3O2/c1-10-8-16-9-12(10)15-17-14(18-20-15)13(19-2)11-6-4-3-5-7-11/h10-13,16H,3-9H2,1-2H3. The quantitative estimate of drug-likeness (QED) is 0.918. The summed E-state index contributed by atoms with van der Waals surface area (Å²) in [6, 6.07) is 0. The van der Waals surface area contributed by atoms with Gasteiger partial charge in [-0.05, 0) is 31.2 Å². The molecule has 1 saturated heterocycles. The fraction of sp³-hybridized carbons (Fsp3) is 0.867. The Kier molecular flexibility index (Phi) is 4.36. The summed E-state index contributed by atoms with van der Waals surface area (Å²) in [5.41, 5.74) is 0. The van der Waals surface area contributed by atoms with E-state index in [1.807, 2.05) is 0 Å². The summed E-state index contributed by atoms with van der Waals surface area (Å²) < 4.78 is 11.2. The molecule has 0 spiro atoms. The first kappa shape index (κ1) is 14.0. The number of nitrogens with zero attached hydrogens (tertiary/aromatic N) is 2. The normalized spacial score (nSPS) is 29.7. The summed E-state index contributed by atoms with van der Waals surface area (Å²) in [6.45, 7) is 4.19. The van der Waals surface area contributed by atoms with Gasteiger partial charge in [0.2, 0.25) is 11.7 Å². The average Bonchev–Trinajstić information content (AvgIpc) is 3.10. The zero-order chi connectivity index (χ0) is 13.9. The highest BCUT2D eigenvalue weighted by molar-refractivity contribution is 5.03. The largest absolute Gasteiger partial charge is 0.373 e. The predicted octanol–water partition coefficient (Wildman–Crippen LogP) is 2.66. The van der Waals surface area contributed by atoms with Crippen LogP contribution in [0, 0.1) is 11.8 Å². The molecule has 0 bridgehead atoms. The minimum atomic E-state index is -0.00234. The van der Waals surface area contributed by atoms with Gasteiger partial charge >= 0.3 is 0 Å². The van der Waals surface area contributed by atoms with Gasteiger partial charge in [-0.15, -0.1) is 0 Å². The molecule has 1 saturated carbocycles. The molecule has 5 nitrogen and oxygen atoms in total. The second-order valence-corrected chi connectivity index (χ2v) is 6.29. The van der Waals surface area contributed by atoms with E-state index >= 15 is 0 Å². The first-order chi connectivity index (χ1) is 9.79. The van der Waals surface area contributed by atoms with Crippen LogP contribution >= 0.6 is 0 Å². The van der Waals surface area contributed by atoms with Gasteiger partial charge in [-0.1, -0.05) is 31.3 Å². The third-order valence-electron chi connectivity index (χ3n) is 4.88. The molecule has 1 aliphatic carbocycles. The Hall–Kier alpha value is -0.940. The van der Waals surface area contributed by atoms with Crippen molar-refractivity contribution in [2.45, 2.75) is 51.0 Å². The van der Waals surface area contributed by atoms with Crippen LogP contribution in [-0.2, 0) is 4.74 Å². The number of rotatable bonds is 4. The third kappa shape index (κ3) is 2.74. The Balaban J connectivity index is 1.73. The van der Waals surface area contributed by atoms with Crippen molar-refractivity contribution >= 4 is 0 Å². The Morgan fingerprint density at radius 2 is 2.05 bits per heavy atom. The Morgan fingerprint density at radius 1 is 1.25 bits per heavy atom. The molecule has 1 aromatic heterocycles. The van der Waals surface area contributed by atoms with E-state index in [1.165, 1.54) is 32.1 Å². The highest BCUT2D eigenvalue weighted by atomic mass is 16.5. The van der Waals surface area contributed by atoms with Gasteiger partial charge in [-0.2, -0.15) is 4.98 Å². The number of aromatic nitrogens is 2. The maximum Gasteiger partial charge on any atom is 0.231 e. The molecule has 0 amide bonds. The summed E-state index contributed by atoms with van der Waals surface area (Å²) in [4.78, 5) is 4.65. The fourth-order valence-corrected chi connectivity index (χ4v) is 3.60. The molecule has 5 heteroatoms. The number of ether oxygens (including phenoxy) is 1. The van der Waals surface area contributed by atoms with Crippen molar-refractivity contribution in [2.75, 3.05) is 20.2 Å². The van der Waals surface area contributed by atoms with Crippen molar-refractivity contribution in [1.29, 1.82) is 0 Å². The predicted molar refractivity (Wildman–Crippen MR) is 75.4 cm³/mol. The molecule has 2 aliphatic rings. The second-order valence-electron chi connectivity index (χ2n) is 6.29. The van der Waals surface area contributed by atoms with Gasteiger partial charge < -0.3 is 14.6 Å². The van der Waals surface area contributed by atoms with Crippen molar-refractivity contribution in [3.8, 4) is 0 Å². The molecule has 0 radical (unpaired) electrons. The summed E-state index contributed by atoms with van der Waals surface area (Å²) in [5.74, 6) is 2.96. The van der Waals surface area contributed by atoms with E-state index in [-0.39, 0.29) is 6.10 Å². The summed E-state index contributed by atoms with van der Waals surface area (Å²) >= 11 is 0. The van der Waals surface area contributed by atoms with Crippen LogP contribution in [0.3, 0.4) is 0 Å². The van der Waals surface area contributed by atoms with Crippen LogP contribution in [-0.4, -0.2) is 30.3 Å². The van der Waals surface area contributed by atoms with Crippen LogP contribution in [0.2, 0.25) is 0 Å². The molecule has 0 aromatic carbocycles. The lowest BCUT2D eigenvalue weighted by Crippen LogP contribution is -2.19. The second kappa shape index (κ2) is 6.22. The van der Waals surface area contributed by atoms with Gasteiger partial charge in [0.25, 0.3) is 0 Å². The summed E-state index contributed by atoms with van der Waals surface area (Å²) in [7, 11) is 1.76. The minimum absolute atomic E-state index is 0.00234. The number of hydrogen-bond acceptors (Lipinski definition) is 5. The molecule has 1 N–H and O–H groups in total. The Labute approximate surface area is 120 Å². The minimum Gasteiger partial charge on any atom is -0.373 e. The maximum atomic E-state index is 5.68. The van der Waals surface area contributed by atoms with Gasteiger partial charge in [-0.3, -0.25) is 0 Å². The lowest BCUT2D eigenvalue weighted by molar-refractivity contribution is 0.0273. The first-order valence-corrected chi connectivity index (χ1v) is 7.86. The van der Waals surface area contributed by atoms with Crippen molar-refractivity contribution in [2.24, 2.45) is 11.8 Å². The van der Waals surface area contributed by atoms with Crippen molar-refractivity contribution in [3.63, 3.8) is 0 Å². The Bertz CT molecular complexity index is 429. The van der Waals surface area contributed by atoms with E-state index in [2.05, 4.69) is 22.4 Å². The average molecular weight is 279 g/mol. The summed E-state index contributed by atoms with van der Waals surface area (Å²) in [6.07, 6.45) is 6.35. The van der Waals surface area contributed by atoms with Crippen LogP contribution < -0.4 is 5.32 Å². The molecule has 112 valence electrons. The van der Waals surface area contributed by atoms with E-state index < -0.39 is 0 Å². The molecule has 3 rings (SSSR count). The van der Waals surface area contributed by atoms with Crippen molar-refractivity contribution < 1.29 is 9.26 Å². The molecule has 3 atom stereocenters. The van der Waals surface area contributed by atoms with Crippen LogP contribution in [0.5, 0.6) is 0 Å². The topological polar surface area (TPSA) is 60.2 Å². The van der Waals surface area contributed by atoms with E-state index in [0.717, 1.165) is 24.8 Å². The zero-order valence-corrected chi connectivity index (χ0v) is 12.5. The van der Waals surface area contributed by atoms with Crippen molar-refractivity contribution in [3.05, 3.63) is 11.7 Å². The highest BCUT2D eigenvalue weighted by Crippen LogP contribution is 2.36. The first-order valence-electron chi connectivity index (χ1n) is 7.86. The third-order valence-corrected chi connectivity index (χ3v) is 4.88. The zero-order valence-electron chi connectivity index (χ0n) is 12.5. The molecule has 20 heavy (non-hydrogen) atoms. The molecule has 1 aromatic rings. The lowest BCUT2D eigenvalue weighted by Gasteiger charge is -2.26. The molecule has 3 unspecified atom stereocenters. The van der Waals surface area contributed by atoms with Gasteiger partial charge in [0.1, 0.15) is 6.10 Å². The van der Waals surface area contributed by atoms with Gasteiger partial charge in [0, 0.05) is 13.7 Å². The van der Waals surface area contributed by atoms with Crippen molar-refractivity contribution in [1.82, 2.24) is 15.5 Å². The monoisotopic (exact) mass is 279 g/mol. The van der Waals surface area contributed by atoms with Gasteiger partial charge in [0.15, 0.2) is 0 Å². The SMILES string of the molecule is COC(c1noc(C2CNCC2C)n1)C1CCCCC1. The number of methoxy groups -OCH3 is 1. The smallest absolute Gasteiger partial charge is 0.231 e. The van der Waals surface area contributed by atoms with Crippen LogP contribution in [0.25, 0.3) is 0 Å². The number of hydrogen-bond donors (Lipinski definition) is 1. The number of nitrogens with one attached hydrogen (secondary N) is 1. The molecule has 1 aliphatic heterocycles. The van der Waals surface area contributed by atoms with Gasteiger partial charge in [-0.25, -0.2) is 0 Å². The van der Waals surface area contributed by atoms with Gasteiger partial charge in [0.05, 0.1) is 5.92 Å². The summed E-state index contributed by atoms with van der Waals surface area (Å²) in [5, 5.41) is 7.58. The van der Waals surface area contributed by atoms with E-state index in [1.54, 1.807) is 7.11 Å². The molecule has 2 fully saturated rings. The Morgan fingerprint density at radius 3 is 2.70 bits per heavy atom. The van der Waals surface area contributed by atoms with E-state index in [9.17, 15) is 0 Å². The highest BCUT2D eigenvalue weighted by Gasteiger charge is 2.33. The maximum absolute atomic E-state index is 5.68. The lowest BCUT2D eigenvalue weighted by atomic mass is 9.85. The fourth-order valence-electron chi connectivity index (χ4n) is 3.60. The van der Waals surface area contributed by atoms with Crippen LogP contribution in [0.4, 0.5) is 0 Å². The van der Waals surface area contributed by atoms with Crippen LogP contribution in [0.1, 0.15) is 62.8 Å². The van der Waals surface area contributed by atoms with E-state index in [0.29, 0.717) is 17.8 Å². The van der Waals surface area contributed by atoms with Crippen LogP contribution in [0.15, 0.2) is 4.52 Å². The molecular formula is C15H25N3O2. The van der Waals surface area contributed by atoms with E-state index in [4.69, 9.17) is 9.26 Å². The molecular weight excluding hydrogens is 254 g/mol.